The molecule has 0 fully saturated rings. The monoisotopic (exact) mass is 402 g/mol. The Kier molecular flexibility index (Phi) is 5.77. The van der Waals surface area contributed by atoms with E-state index >= 15 is 0 Å². The molecule has 0 bridgehead atoms. The Morgan fingerprint density at radius 1 is 0.933 bits per heavy atom. The first kappa shape index (κ1) is 20.0. The van der Waals surface area contributed by atoms with Crippen LogP contribution in [0.3, 0.4) is 0 Å². The molecule has 2 aromatic carbocycles. The van der Waals surface area contributed by atoms with Gasteiger partial charge in [0.05, 0.1) is 24.6 Å². The first-order chi connectivity index (χ1) is 14.6. The molecule has 6 nitrogen and oxygen atoms in total. The van der Waals surface area contributed by atoms with E-state index in [2.05, 4.69) is 41.1 Å². The van der Waals surface area contributed by atoms with Gasteiger partial charge < -0.3 is 15.3 Å². The lowest BCUT2D eigenvalue weighted by atomic mass is 9.70. The van der Waals surface area contributed by atoms with Crippen LogP contribution in [-0.4, -0.2) is 28.9 Å². The van der Waals surface area contributed by atoms with Gasteiger partial charge in [-0.25, -0.2) is 9.97 Å². The quantitative estimate of drug-likeness (QED) is 0.469. The van der Waals surface area contributed by atoms with E-state index in [1.807, 2.05) is 42.5 Å². The highest BCUT2D eigenvalue weighted by Gasteiger charge is 2.40. The van der Waals surface area contributed by atoms with Gasteiger partial charge in [0.25, 0.3) is 0 Å². The van der Waals surface area contributed by atoms with Gasteiger partial charge in [-0.1, -0.05) is 59.8 Å². The van der Waals surface area contributed by atoms with E-state index in [9.17, 15) is 0 Å². The predicted molar refractivity (Wildman–Crippen MR) is 118 cm³/mol. The number of benzene rings is 2. The maximum absolute atomic E-state index is 6.23. The molecule has 0 amide bonds. The van der Waals surface area contributed by atoms with E-state index in [1.54, 1.807) is 0 Å². The third-order valence-corrected chi connectivity index (χ3v) is 5.32. The van der Waals surface area contributed by atoms with Crippen molar-refractivity contribution in [3.8, 4) is 11.3 Å². The van der Waals surface area contributed by atoms with Crippen LogP contribution >= 0.6 is 0 Å². The molecule has 0 radical (unpaired) electrons. The summed E-state index contributed by atoms with van der Waals surface area (Å²) in [6, 6.07) is 18.2. The lowest BCUT2D eigenvalue weighted by molar-refractivity contribution is 0.0781. The smallest absolute Gasteiger partial charge is 0.131 e. The number of aromatic nitrogens is 2. The normalized spacial score (nSPS) is 15.5. The molecule has 3 aromatic rings. The summed E-state index contributed by atoms with van der Waals surface area (Å²) in [6.45, 7) is 5.85. The minimum Gasteiger partial charge on any atom is -0.395 e. The van der Waals surface area contributed by atoms with Gasteiger partial charge in [0.1, 0.15) is 18.8 Å². The first-order valence-electron chi connectivity index (χ1n) is 10.1. The Balaban J connectivity index is 1.44. The highest BCUT2D eigenvalue weighted by atomic mass is 16.6. The van der Waals surface area contributed by atoms with E-state index < -0.39 is 5.41 Å². The van der Waals surface area contributed by atoms with Crippen molar-refractivity contribution in [3.63, 3.8) is 0 Å². The molecule has 154 valence electrons. The third kappa shape index (κ3) is 3.91. The molecule has 4 rings (SSSR count). The fourth-order valence-corrected chi connectivity index (χ4v) is 3.83. The molecule has 0 saturated heterocycles. The molecular formula is C24H26N4O2. The van der Waals surface area contributed by atoms with Crippen molar-refractivity contribution in [1.82, 2.24) is 9.97 Å². The summed E-state index contributed by atoms with van der Waals surface area (Å²) < 4.78 is 5.71. The summed E-state index contributed by atoms with van der Waals surface area (Å²) in [6.07, 6.45) is 2.27. The van der Waals surface area contributed by atoms with Gasteiger partial charge in [-0.05, 0) is 19.4 Å². The van der Waals surface area contributed by atoms with Crippen LogP contribution in [0.5, 0.6) is 0 Å². The minimum absolute atomic E-state index is 0.473. The van der Waals surface area contributed by atoms with Crippen molar-refractivity contribution in [1.29, 1.82) is 0 Å². The Morgan fingerprint density at radius 2 is 1.67 bits per heavy atom. The Morgan fingerprint density at radius 3 is 2.47 bits per heavy atom. The van der Waals surface area contributed by atoms with Crippen LogP contribution in [0.25, 0.3) is 11.3 Å². The predicted octanol–water partition coefficient (Wildman–Crippen LogP) is 4.34. The van der Waals surface area contributed by atoms with Crippen LogP contribution in [-0.2, 0) is 21.6 Å². The molecule has 0 atom stereocenters. The number of hydrogen-bond acceptors (Lipinski definition) is 6. The fourth-order valence-electron chi connectivity index (χ4n) is 3.83. The number of anilines is 1. The molecule has 30 heavy (non-hydrogen) atoms. The van der Waals surface area contributed by atoms with Gasteiger partial charge >= 0.3 is 0 Å². The number of fused-ring (bicyclic) bond motifs is 3. The average Bonchev–Trinajstić information content (AvgIpc) is 2.75. The number of oxime groups is 1. The van der Waals surface area contributed by atoms with E-state index in [-0.39, 0.29) is 0 Å². The first-order valence-corrected chi connectivity index (χ1v) is 10.1. The summed E-state index contributed by atoms with van der Waals surface area (Å²) in [5.74, 6) is 0.474. The zero-order valence-corrected chi connectivity index (χ0v) is 17.3. The Hall–Kier alpha value is -3.25. The summed E-state index contributed by atoms with van der Waals surface area (Å²) in [5.41, 5.74) is 11.5. The Labute approximate surface area is 176 Å². The second-order valence-corrected chi connectivity index (χ2v) is 7.82. The van der Waals surface area contributed by atoms with Crippen molar-refractivity contribution < 1.29 is 9.57 Å². The second-order valence-electron chi connectivity index (χ2n) is 7.82. The molecule has 1 aromatic heterocycles. The van der Waals surface area contributed by atoms with Crippen molar-refractivity contribution in [2.75, 3.05) is 18.9 Å². The summed E-state index contributed by atoms with van der Waals surface area (Å²) in [5, 5.41) is 4.52. The number of hydrogen-bond donors (Lipinski definition) is 1. The van der Waals surface area contributed by atoms with Crippen LogP contribution in [0.4, 0.5) is 5.82 Å². The second kappa shape index (κ2) is 8.63. The van der Waals surface area contributed by atoms with Crippen LogP contribution in [0.1, 0.15) is 37.0 Å². The molecular weight excluding hydrogens is 376 g/mol. The zero-order chi connectivity index (χ0) is 21.0. The third-order valence-electron chi connectivity index (χ3n) is 5.32. The fraction of sp³-hybridized carbons (Fsp3) is 0.292. The van der Waals surface area contributed by atoms with E-state index in [4.69, 9.17) is 15.3 Å². The Bertz CT molecular complexity index is 1050. The van der Waals surface area contributed by atoms with Crippen LogP contribution in [0.2, 0.25) is 0 Å². The minimum atomic E-state index is -0.473. The number of ether oxygens (including phenoxy) is 1. The van der Waals surface area contributed by atoms with Gasteiger partial charge in [-0.2, -0.15) is 0 Å². The number of rotatable bonds is 7. The highest BCUT2D eigenvalue weighted by molar-refractivity contribution is 6.15. The van der Waals surface area contributed by atoms with Gasteiger partial charge in [-0.15, -0.1) is 0 Å². The van der Waals surface area contributed by atoms with Crippen LogP contribution in [0, 0.1) is 0 Å². The van der Waals surface area contributed by atoms with Gasteiger partial charge in [-0.3, -0.25) is 0 Å². The number of nitrogens with two attached hydrogens (primary N) is 1. The molecule has 0 unspecified atom stereocenters. The molecule has 1 aliphatic carbocycles. The van der Waals surface area contributed by atoms with Crippen molar-refractivity contribution in [2.45, 2.75) is 32.3 Å². The van der Waals surface area contributed by atoms with Crippen molar-refractivity contribution in [2.24, 2.45) is 5.16 Å². The lowest BCUT2D eigenvalue weighted by Gasteiger charge is -2.34. The standard InChI is InChI=1S/C24H26N4O2/c1-24(2)20-21(26-16-27-23(20)25)18-11-6-7-12-19(18)22(24)28-30-14-8-13-29-15-17-9-4-3-5-10-17/h3-7,9-12,16H,8,13-15H2,1-2H3,(H2,25,26,27). The zero-order valence-electron chi connectivity index (χ0n) is 17.3. The van der Waals surface area contributed by atoms with Crippen molar-refractivity contribution >= 4 is 11.5 Å². The van der Waals surface area contributed by atoms with Gasteiger partial charge in [0.2, 0.25) is 0 Å². The molecule has 6 heteroatoms. The number of nitrogens with zero attached hydrogens (tertiary/aromatic N) is 3. The topological polar surface area (TPSA) is 82.6 Å². The maximum Gasteiger partial charge on any atom is 0.131 e. The van der Waals surface area contributed by atoms with E-state index in [0.29, 0.717) is 25.6 Å². The van der Waals surface area contributed by atoms with E-state index in [0.717, 1.165) is 40.1 Å². The molecule has 1 heterocycles. The SMILES string of the molecule is CC1(C)C(=NOCCCOCc2ccccc2)c2ccccc2-c2ncnc(N)c21. The number of nitrogen functional groups attached to an aromatic ring is 1. The summed E-state index contributed by atoms with van der Waals surface area (Å²) >= 11 is 0. The molecule has 0 aliphatic heterocycles. The lowest BCUT2D eigenvalue weighted by Crippen LogP contribution is -2.36. The van der Waals surface area contributed by atoms with E-state index in [1.165, 1.54) is 6.33 Å². The maximum atomic E-state index is 6.23. The molecule has 1 aliphatic rings. The summed E-state index contributed by atoms with van der Waals surface area (Å²) in [4.78, 5) is 14.4. The molecule has 0 saturated carbocycles. The van der Waals surface area contributed by atoms with Crippen LogP contribution < -0.4 is 5.73 Å². The highest BCUT2D eigenvalue weighted by Crippen LogP contribution is 2.44. The molecule has 2 N–H and O–H groups in total. The van der Waals surface area contributed by atoms with Gasteiger partial charge in [0.15, 0.2) is 0 Å². The van der Waals surface area contributed by atoms with Crippen molar-refractivity contribution in [3.05, 3.63) is 77.6 Å². The summed E-state index contributed by atoms with van der Waals surface area (Å²) in [7, 11) is 0. The average molecular weight is 402 g/mol. The van der Waals surface area contributed by atoms with Crippen LogP contribution in [0.15, 0.2) is 66.1 Å². The largest absolute Gasteiger partial charge is 0.395 e. The van der Waals surface area contributed by atoms with Gasteiger partial charge in [0, 0.05) is 28.5 Å². The molecule has 0 spiro atoms.